The average molecular weight is 396 g/mol. The number of anilines is 1. The van der Waals surface area contributed by atoms with Crippen molar-refractivity contribution >= 4 is 22.3 Å². The Morgan fingerprint density at radius 2 is 2.00 bits per heavy atom. The third-order valence-corrected chi connectivity index (χ3v) is 5.79. The van der Waals surface area contributed by atoms with E-state index >= 15 is 0 Å². The van der Waals surface area contributed by atoms with E-state index in [0.29, 0.717) is 0 Å². The van der Waals surface area contributed by atoms with E-state index in [1.54, 1.807) is 24.0 Å². The molecule has 0 radical (unpaired) electrons. The molecular weight excluding hydrogens is 370 g/mol. The number of aliphatic imine (C=N–C) groups is 1. The maximum absolute atomic E-state index is 4.49. The van der Waals surface area contributed by atoms with Crippen LogP contribution in [0.2, 0.25) is 0 Å². The fourth-order valence-electron chi connectivity index (χ4n) is 3.44. The number of thiophene rings is 1. The lowest BCUT2D eigenvalue weighted by Gasteiger charge is -2.37. The summed E-state index contributed by atoms with van der Waals surface area (Å²) in [6, 6.07) is 12.9. The lowest BCUT2D eigenvalue weighted by atomic mass is 10.1. The first-order valence-electron chi connectivity index (χ1n) is 9.46. The van der Waals surface area contributed by atoms with Gasteiger partial charge in [0.1, 0.15) is 12.7 Å². The molecule has 1 aliphatic heterocycles. The van der Waals surface area contributed by atoms with Crippen LogP contribution < -0.4 is 10.2 Å². The van der Waals surface area contributed by atoms with E-state index in [4.69, 9.17) is 0 Å². The largest absolute Gasteiger partial charge is 0.360 e. The van der Waals surface area contributed by atoms with Crippen molar-refractivity contribution in [2.45, 2.75) is 13.1 Å². The molecule has 146 valence electrons. The van der Waals surface area contributed by atoms with Crippen molar-refractivity contribution in [1.82, 2.24) is 25.0 Å². The molecule has 0 saturated carbocycles. The van der Waals surface area contributed by atoms with Gasteiger partial charge in [0.15, 0.2) is 5.96 Å². The van der Waals surface area contributed by atoms with Crippen molar-refractivity contribution in [2.75, 3.05) is 38.1 Å². The molecule has 1 aromatic carbocycles. The quantitative estimate of drug-likeness (QED) is 0.531. The van der Waals surface area contributed by atoms with Gasteiger partial charge in [-0.1, -0.05) is 24.3 Å². The molecule has 1 fully saturated rings. The van der Waals surface area contributed by atoms with Gasteiger partial charge in [-0.25, -0.2) is 9.67 Å². The third-order valence-electron chi connectivity index (χ3n) is 4.86. The van der Waals surface area contributed by atoms with E-state index in [-0.39, 0.29) is 0 Å². The Kier molecular flexibility index (Phi) is 5.86. The fourth-order valence-corrected chi connectivity index (χ4v) is 4.23. The molecule has 3 aromatic rings. The Bertz CT molecular complexity index is 881. The summed E-state index contributed by atoms with van der Waals surface area (Å²) in [5, 5.41) is 11.2. The highest BCUT2D eigenvalue weighted by molar-refractivity contribution is 7.14. The van der Waals surface area contributed by atoms with Crippen LogP contribution in [-0.4, -0.2) is 58.9 Å². The summed E-state index contributed by atoms with van der Waals surface area (Å²) in [6.07, 6.45) is 3.30. The second-order valence-electron chi connectivity index (χ2n) is 6.74. The van der Waals surface area contributed by atoms with E-state index in [0.717, 1.165) is 45.2 Å². The van der Waals surface area contributed by atoms with Crippen LogP contribution in [0.15, 0.2) is 59.4 Å². The van der Waals surface area contributed by atoms with Crippen molar-refractivity contribution in [2.24, 2.45) is 4.99 Å². The van der Waals surface area contributed by atoms with E-state index in [2.05, 4.69) is 72.0 Å². The molecule has 0 amide bonds. The van der Waals surface area contributed by atoms with Gasteiger partial charge in [0.2, 0.25) is 0 Å². The van der Waals surface area contributed by atoms with Gasteiger partial charge >= 0.3 is 0 Å². The normalized spacial score (nSPS) is 15.1. The molecule has 3 heterocycles. The number of rotatable bonds is 5. The summed E-state index contributed by atoms with van der Waals surface area (Å²) in [5.74, 6) is 0.965. The maximum atomic E-state index is 4.49. The Balaban J connectivity index is 1.31. The second kappa shape index (κ2) is 8.88. The van der Waals surface area contributed by atoms with Crippen LogP contribution in [-0.2, 0) is 13.1 Å². The predicted octanol–water partition coefficient (Wildman–Crippen LogP) is 2.29. The molecule has 0 unspecified atom stereocenters. The van der Waals surface area contributed by atoms with Gasteiger partial charge in [0.05, 0.1) is 11.5 Å². The molecular formula is C20H25N7S. The molecule has 8 heteroatoms. The number of benzene rings is 1. The maximum Gasteiger partial charge on any atom is 0.194 e. The molecule has 7 nitrogen and oxygen atoms in total. The third kappa shape index (κ3) is 4.51. The zero-order valence-corrected chi connectivity index (χ0v) is 16.8. The van der Waals surface area contributed by atoms with Crippen LogP contribution in [0.3, 0.4) is 0 Å². The molecule has 4 rings (SSSR count). The van der Waals surface area contributed by atoms with E-state index in [1.165, 1.54) is 16.1 Å². The average Bonchev–Trinajstić information content (AvgIpc) is 3.44. The molecule has 28 heavy (non-hydrogen) atoms. The van der Waals surface area contributed by atoms with Gasteiger partial charge in [-0.2, -0.15) is 5.10 Å². The minimum Gasteiger partial charge on any atom is -0.360 e. The van der Waals surface area contributed by atoms with Crippen LogP contribution in [0.25, 0.3) is 0 Å². The highest BCUT2D eigenvalue weighted by atomic mass is 32.1. The van der Waals surface area contributed by atoms with Gasteiger partial charge in [0, 0.05) is 39.8 Å². The Hall–Kier alpha value is -2.87. The topological polar surface area (TPSA) is 61.6 Å². The molecule has 1 N–H and O–H groups in total. The molecule has 0 aliphatic carbocycles. The minimum atomic E-state index is 0.729. The van der Waals surface area contributed by atoms with Gasteiger partial charge < -0.3 is 15.1 Å². The minimum absolute atomic E-state index is 0.729. The van der Waals surface area contributed by atoms with Crippen molar-refractivity contribution in [3.8, 4) is 0 Å². The van der Waals surface area contributed by atoms with Crippen molar-refractivity contribution in [3.05, 3.63) is 65.6 Å². The Morgan fingerprint density at radius 1 is 1.14 bits per heavy atom. The smallest absolute Gasteiger partial charge is 0.194 e. The summed E-state index contributed by atoms with van der Waals surface area (Å²) >= 11 is 1.81. The molecule has 0 bridgehead atoms. The zero-order valence-electron chi connectivity index (χ0n) is 16.0. The van der Waals surface area contributed by atoms with Crippen LogP contribution in [0.4, 0.5) is 5.00 Å². The molecule has 0 spiro atoms. The van der Waals surface area contributed by atoms with Crippen molar-refractivity contribution in [1.29, 1.82) is 0 Å². The van der Waals surface area contributed by atoms with Crippen molar-refractivity contribution < 1.29 is 0 Å². The first kappa shape index (κ1) is 18.5. The SMILES string of the molecule is CN=C(NCc1cccc(Cn2cncn2)c1)N1CCN(c2cccs2)CC1. The lowest BCUT2D eigenvalue weighted by Crippen LogP contribution is -2.52. The predicted molar refractivity (Wildman–Crippen MR) is 114 cm³/mol. The van der Waals surface area contributed by atoms with E-state index in [1.807, 2.05) is 11.7 Å². The number of guanidine groups is 1. The van der Waals surface area contributed by atoms with Crippen LogP contribution >= 0.6 is 11.3 Å². The number of hydrogen-bond acceptors (Lipinski definition) is 5. The molecule has 1 aliphatic rings. The summed E-state index contributed by atoms with van der Waals surface area (Å²) in [4.78, 5) is 13.3. The molecule has 1 saturated heterocycles. The van der Waals surface area contributed by atoms with Crippen molar-refractivity contribution in [3.63, 3.8) is 0 Å². The zero-order chi connectivity index (χ0) is 19.2. The van der Waals surface area contributed by atoms with Crippen LogP contribution in [0.5, 0.6) is 0 Å². The van der Waals surface area contributed by atoms with Gasteiger partial charge in [0.25, 0.3) is 0 Å². The fraction of sp³-hybridized carbons (Fsp3) is 0.350. The monoisotopic (exact) mass is 395 g/mol. The summed E-state index contributed by atoms with van der Waals surface area (Å²) in [5.41, 5.74) is 2.44. The van der Waals surface area contributed by atoms with E-state index in [9.17, 15) is 0 Å². The number of aromatic nitrogens is 3. The summed E-state index contributed by atoms with van der Waals surface area (Å²) < 4.78 is 1.83. The molecule has 0 atom stereocenters. The number of hydrogen-bond donors (Lipinski definition) is 1. The van der Waals surface area contributed by atoms with E-state index < -0.39 is 0 Å². The highest BCUT2D eigenvalue weighted by Gasteiger charge is 2.20. The number of nitrogens with one attached hydrogen (secondary N) is 1. The van der Waals surface area contributed by atoms with Crippen LogP contribution in [0.1, 0.15) is 11.1 Å². The Morgan fingerprint density at radius 3 is 2.71 bits per heavy atom. The highest BCUT2D eigenvalue weighted by Crippen LogP contribution is 2.22. The number of nitrogens with zero attached hydrogens (tertiary/aromatic N) is 6. The first-order valence-corrected chi connectivity index (χ1v) is 10.3. The molecule has 2 aromatic heterocycles. The summed E-state index contributed by atoms with van der Waals surface area (Å²) in [6.45, 7) is 5.48. The second-order valence-corrected chi connectivity index (χ2v) is 7.67. The van der Waals surface area contributed by atoms with Gasteiger partial charge in [-0.3, -0.25) is 4.99 Å². The standard InChI is InChI=1S/C20H25N7S/c1-21-20(26-9-7-25(8-10-26)19-6-3-11-28-19)23-13-17-4-2-5-18(12-17)14-27-16-22-15-24-27/h2-6,11-12,15-16H,7-10,13-14H2,1H3,(H,21,23). The lowest BCUT2D eigenvalue weighted by molar-refractivity contribution is 0.373. The Labute approximate surface area is 169 Å². The number of piperazine rings is 1. The summed E-state index contributed by atoms with van der Waals surface area (Å²) in [7, 11) is 1.86. The van der Waals surface area contributed by atoms with Gasteiger partial charge in [-0.05, 0) is 28.6 Å². The van der Waals surface area contributed by atoms with Crippen LogP contribution in [0, 0.1) is 0 Å². The first-order chi connectivity index (χ1) is 13.8. The van der Waals surface area contributed by atoms with Gasteiger partial charge in [-0.15, -0.1) is 11.3 Å².